The van der Waals surface area contributed by atoms with Crippen LogP contribution in [-0.2, 0) is 27.3 Å². The van der Waals surface area contributed by atoms with Crippen molar-refractivity contribution in [3.8, 4) is 5.75 Å². The molecule has 4 atom stereocenters. The quantitative estimate of drug-likeness (QED) is 0.263. The van der Waals surface area contributed by atoms with Crippen LogP contribution in [0.4, 0.5) is 5.69 Å². The number of benzene rings is 1. The fourth-order valence-electron chi connectivity index (χ4n) is 6.40. The van der Waals surface area contributed by atoms with Crippen LogP contribution in [0.2, 0.25) is 0 Å². The van der Waals surface area contributed by atoms with Gasteiger partial charge >= 0.3 is 0 Å². The van der Waals surface area contributed by atoms with Crippen LogP contribution >= 0.6 is 0 Å². The molecule has 3 aliphatic rings. The maximum absolute atomic E-state index is 13.9. The first-order chi connectivity index (χ1) is 17.8. The van der Waals surface area contributed by atoms with Crippen molar-refractivity contribution >= 4 is 28.9 Å². The first-order valence-electron chi connectivity index (χ1n) is 12.9. The summed E-state index contributed by atoms with van der Waals surface area (Å²) in [5, 5.41) is 36.9. The first kappa shape index (κ1) is 27.7. The van der Waals surface area contributed by atoms with Crippen LogP contribution in [0.25, 0.3) is 5.76 Å². The minimum atomic E-state index is -1.26. The lowest BCUT2D eigenvalue weighted by Crippen LogP contribution is -2.55. The number of carbonyl (C=O) groups excluding carboxylic acids is 3. The third-order valence-electron chi connectivity index (χ3n) is 7.97. The van der Waals surface area contributed by atoms with Gasteiger partial charge in [0.25, 0.3) is 5.91 Å². The Morgan fingerprint density at radius 3 is 2.34 bits per heavy atom. The smallest absolute Gasteiger partial charge is 0.255 e. The van der Waals surface area contributed by atoms with E-state index >= 15 is 0 Å². The molecule has 4 rings (SSSR count). The number of allylic oxidation sites excluding steroid dienone is 1. The van der Waals surface area contributed by atoms with Gasteiger partial charge in [0.15, 0.2) is 11.6 Å². The molecule has 1 amide bonds. The molecule has 10 heteroatoms. The number of amides is 1. The fraction of sp³-hybridized carbons (Fsp3) is 0.536. The van der Waals surface area contributed by atoms with Crippen molar-refractivity contribution in [1.29, 1.82) is 0 Å². The number of Topliss-reactive ketones (excluding diaryl/α,β-unsaturated/α-hetero) is 2. The zero-order valence-electron chi connectivity index (χ0n) is 22.8. The molecule has 0 aromatic heterocycles. The van der Waals surface area contributed by atoms with E-state index in [4.69, 9.17) is 5.73 Å². The molecule has 0 bridgehead atoms. The number of likely N-dealkylation sites (N-methyl/N-ethyl adjacent to an activating group) is 1. The summed E-state index contributed by atoms with van der Waals surface area (Å²) in [7, 11) is 7.17. The van der Waals surface area contributed by atoms with E-state index in [1.54, 1.807) is 19.0 Å². The van der Waals surface area contributed by atoms with Gasteiger partial charge in [0.1, 0.15) is 22.8 Å². The molecule has 0 spiro atoms. The summed E-state index contributed by atoms with van der Waals surface area (Å²) in [4.78, 5) is 42.9. The molecule has 0 saturated heterocycles. The van der Waals surface area contributed by atoms with Gasteiger partial charge in [-0.1, -0.05) is 13.8 Å². The Morgan fingerprint density at radius 1 is 1.13 bits per heavy atom. The van der Waals surface area contributed by atoms with Crippen molar-refractivity contribution in [2.75, 3.05) is 39.6 Å². The van der Waals surface area contributed by atoms with E-state index in [1.165, 1.54) is 0 Å². The van der Waals surface area contributed by atoms with Crippen LogP contribution in [0.3, 0.4) is 0 Å². The van der Waals surface area contributed by atoms with Gasteiger partial charge in [-0.05, 0) is 62.9 Å². The Bertz CT molecular complexity index is 1260. The number of hydrogen-bond donors (Lipinski definition) is 5. The standard InChI is InChI=1S/C28H38N4O6/c1-12(2)10-30-11-14-9-17(31(3)4)15-7-13-8-16-20(25(35)18(13)24(34)19(15)23(14)33)26(36)21(28(29)38)27(37)22(16)32(5)6/h9,12-13,16,20,22,30,33-34,37H,7-8,10-11H2,1-6H3,(H2,29,38)/t13?,16?,20?,22-/m0/s1. The van der Waals surface area contributed by atoms with E-state index in [0.717, 1.165) is 17.8 Å². The van der Waals surface area contributed by atoms with Crippen LogP contribution in [0.15, 0.2) is 23.0 Å². The lowest BCUT2D eigenvalue weighted by atomic mass is 9.59. The number of aliphatic hydroxyl groups is 2. The van der Waals surface area contributed by atoms with E-state index < -0.39 is 52.6 Å². The first-order valence-corrected chi connectivity index (χ1v) is 12.9. The minimum Gasteiger partial charge on any atom is -0.510 e. The summed E-state index contributed by atoms with van der Waals surface area (Å²) in [5.41, 5.74) is 7.28. The number of fused-ring (bicyclic) bond motifs is 3. The number of rotatable bonds is 7. The van der Waals surface area contributed by atoms with Gasteiger partial charge in [0, 0.05) is 37.5 Å². The Hall–Kier alpha value is -3.37. The Labute approximate surface area is 222 Å². The SMILES string of the molecule is CC(C)CNCc1cc(N(C)C)c2c(c1O)C(O)=C1C(=O)C3C(=O)C(C(N)=O)=C(O)[C@@H](N(C)C)C3CC1C2. The number of carbonyl (C=O) groups is 3. The molecule has 38 heavy (non-hydrogen) atoms. The van der Waals surface area contributed by atoms with E-state index in [9.17, 15) is 29.7 Å². The molecule has 6 N–H and O–H groups in total. The highest BCUT2D eigenvalue weighted by Crippen LogP contribution is 2.52. The fourth-order valence-corrected chi connectivity index (χ4v) is 6.40. The molecule has 1 aromatic carbocycles. The van der Waals surface area contributed by atoms with Gasteiger partial charge in [0.05, 0.1) is 17.5 Å². The molecule has 0 heterocycles. The van der Waals surface area contributed by atoms with Crippen LogP contribution in [-0.4, -0.2) is 78.5 Å². The summed E-state index contributed by atoms with van der Waals surface area (Å²) < 4.78 is 0. The van der Waals surface area contributed by atoms with E-state index in [2.05, 4.69) is 19.2 Å². The number of phenolic OH excluding ortho intramolecular Hbond substituents is 1. The zero-order chi connectivity index (χ0) is 28.2. The van der Waals surface area contributed by atoms with Gasteiger partial charge in [-0.3, -0.25) is 19.3 Å². The molecule has 1 saturated carbocycles. The lowest BCUT2D eigenvalue weighted by molar-refractivity contribution is -0.136. The molecule has 1 aromatic rings. The summed E-state index contributed by atoms with van der Waals surface area (Å²) in [6.45, 7) is 5.27. The average Bonchev–Trinajstić information content (AvgIpc) is 2.79. The lowest BCUT2D eigenvalue weighted by Gasteiger charge is -2.46. The van der Waals surface area contributed by atoms with Gasteiger partial charge < -0.3 is 31.3 Å². The predicted molar refractivity (Wildman–Crippen MR) is 144 cm³/mol. The second kappa shape index (κ2) is 10.1. The normalized spacial score (nSPS) is 25.1. The van der Waals surface area contributed by atoms with E-state index in [-0.39, 0.29) is 22.6 Å². The highest BCUT2D eigenvalue weighted by molar-refractivity contribution is 6.28. The largest absolute Gasteiger partial charge is 0.510 e. The van der Waals surface area contributed by atoms with Gasteiger partial charge in [-0.25, -0.2) is 0 Å². The van der Waals surface area contributed by atoms with Gasteiger partial charge in [-0.15, -0.1) is 0 Å². The maximum atomic E-state index is 13.9. The molecule has 3 unspecified atom stereocenters. The van der Waals surface area contributed by atoms with Crippen molar-refractivity contribution in [3.63, 3.8) is 0 Å². The van der Waals surface area contributed by atoms with Crippen LogP contribution in [0, 0.1) is 23.7 Å². The number of aliphatic hydroxyl groups excluding tert-OH is 2. The number of nitrogens with zero attached hydrogens (tertiary/aromatic N) is 2. The Balaban J connectivity index is 1.86. The molecule has 0 aliphatic heterocycles. The molecule has 1 fully saturated rings. The third kappa shape index (κ3) is 4.35. The van der Waals surface area contributed by atoms with E-state index in [0.29, 0.717) is 30.9 Å². The number of nitrogens with two attached hydrogens (primary N) is 1. The molecule has 3 aliphatic carbocycles. The molecular weight excluding hydrogens is 488 g/mol. The average molecular weight is 527 g/mol. The van der Waals surface area contributed by atoms with Crippen LogP contribution in [0.1, 0.15) is 37.0 Å². The third-order valence-corrected chi connectivity index (χ3v) is 7.97. The van der Waals surface area contributed by atoms with Gasteiger partial charge in [-0.2, -0.15) is 0 Å². The molecule has 206 valence electrons. The molecule has 0 radical (unpaired) electrons. The van der Waals surface area contributed by atoms with Crippen molar-refractivity contribution in [2.45, 2.75) is 39.3 Å². The number of phenols is 1. The van der Waals surface area contributed by atoms with Crippen LogP contribution < -0.4 is 16.0 Å². The predicted octanol–water partition coefficient (Wildman–Crippen LogP) is 1.66. The summed E-state index contributed by atoms with van der Waals surface area (Å²) in [6.07, 6.45) is 0.692. The second-order valence-corrected chi connectivity index (χ2v) is 11.5. The highest BCUT2D eigenvalue weighted by Gasteiger charge is 2.55. The topological polar surface area (TPSA) is 156 Å². The van der Waals surface area contributed by atoms with Gasteiger partial charge in [0.2, 0.25) is 0 Å². The second-order valence-electron chi connectivity index (χ2n) is 11.5. The maximum Gasteiger partial charge on any atom is 0.255 e. The molecular formula is C28H38N4O6. The Kier molecular flexibility index (Phi) is 7.33. The number of nitrogens with one attached hydrogen (secondary N) is 1. The van der Waals surface area contributed by atoms with Crippen molar-refractivity contribution in [1.82, 2.24) is 10.2 Å². The number of ketones is 2. The number of primary amides is 1. The Morgan fingerprint density at radius 2 is 1.79 bits per heavy atom. The van der Waals surface area contributed by atoms with Crippen molar-refractivity contribution in [3.05, 3.63) is 39.7 Å². The number of hydrogen-bond acceptors (Lipinski definition) is 9. The minimum absolute atomic E-state index is 0.0853. The number of anilines is 1. The van der Waals surface area contributed by atoms with Crippen LogP contribution in [0.5, 0.6) is 5.75 Å². The monoisotopic (exact) mass is 526 g/mol. The molecule has 10 nitrogen and oxygen atoms in total. The highest BCUT2D eigenvalue weighted by atomic mass is 16.3. The summed E-state index contributed by atoms with van der Waals surface area (Å²) in [6, 6.07) is 1.14. The zero-order valence-corrected chi connectivity index (χ0v) is 22.8. The van der Waals surface area contributed by atoms with Crippen molar-refractivity contribution in [2.24, 2.45) is 29.4 Å². The van der Waals surface area contributed by atoms with E-state index in [1.807, 2.05) is 25.1 Å². The summed E-state index contributed by atoms with van der Waals surface area (Å²) in [5.74, 6) is -5.25. The summed E-state index contributed by atoms with van der Waals surface area (Å²) >= 11 is 0. The van der Waals surface area contributed by atoms with Crippen molar-refractivity contribution < 1.29 is 29.7 Å². The number of aromatic hydroxyl groups is 1.